The second-order valence-corrected chi connectivity index (χ2v) is 6.61. The predicted molar refractivity (Wildman–Crippen MR) is 84.0 cm³/mol. The summed E-state index contributed by atoms with van der Waals surface area (Å²) in [6.07, 6.45) is 6.87. The average molecular weight is 314 g/mol. The molecule has 1 aliphatic carbocycles. The van der Waals surface area contributed by atoms with Crippen LogP contribution < -0.4 is 5.32 Å². The minimum absolute atomic E-state index is 0.161. The predicted octanol–water partition coefficient (Wildman–Crippen LogP) is 2.10. The maximum absolute atomic E-state index is 12.4. The Morgan fingerprint density at radius 1 is 1.35 bits per heavy atom. The molecule has 1 aliphatic heterocycles. The molecule has 23 heavy (non-hydrogen) atoms. The summed E-state index contributed by atoms with van der Waals surface area (Å²) in [4.78, 5) is 12.4. The summed E-state index contributed by atoms with van der Waals surface area (Å²) in [7, 11) is 0. The van der Waals surface area contributed by atoms with Gasteiger partial charge < -0.3 is 9.88 Å². The zero-order chi connectivity index (χ0) is 15.8. The molecule has 2 aromatic rings. The van der Waals surface area contributed by atoms with Gasteiger partial charge in [-0.25, -0.2) is 0 Å². The highest BCUT2D eigenvalue weighted by Crippen LogP contribution is 2.39. The van der Waals surface area contributed by atoms with E-state index < -0.39 is 0 Å². The van der Waals surface area contributed by atoms with Gasteiger partial charge in [-0.1, -0.05) is 6.42 Å². The van der Waals surface area contributed by atoms with Crippen LogP contribution in [0.4, 0.5) is 0 Å². The Morgan fingerprint density at radius 2 is 2.22 bits per heavy atom. The first-order chi connectivity index (χ1) is 11.2. The zero-order valence-corrected chi connectivity index (χ0v) is 13.4. The van der Waals surface area contributed by atoms with Crippen molar-refractivity contribution in [2.75, 3.05) is 0 Å². The molecule has 7 heteroatoms. The van der Waals surface area contributed by atoms with Crippen molar-refractivity contribution in [2.24, 2.45) is 0 Å². The Balaban J connectivity index is 1.47. The summed E-state index contributed by atoms with van der Waals surface area (Å²) < 4.78 is 2.16. The van der Waals surface area contributed by atoms with Crippen LogP contribution >= 0.6 is 0 Å². The fraction of sp³-hybridized carbons (Fsp3) is 0.625. The van der Waals surface area contributed by atoms with Gasteiger partial charge in [0.15, 0.2) is 5.82 Å². The number of carbonyl (C=O) groups is 1. The van der Waals surface area contributed by atoms with Crippen molar-refractivity contribution in [3.63, 3.8) is 0 Å². The molecular weight excluding hydrogens is 292 g/mol. The first-order valence-corrected chi connectivity index (χ1v) is 8.50. The summed E-state index contributed by atoms with van der Waals surface area (Å²) >= 11 is 0. The van der Waals surface area contributed by atoms with E-state index in [4.69, 9.17) is 0 Å². The summed E-state index contributed by atoms with van der Waals surface area (Å²) in [5.41, 5.74) is 1.52. The van der Waals surface area contributed by atoms with Gasteiger partial charge in [0, 0.05) is 24.6 Å². The van der Waals surface area contributed by atoms with Crippen LogP contribution in [-0.4, -0.2) is 30.9 Å². The number of nitrogens with one attached hydrogen (secondary N) is 2. The van der Waals surface area contributed by atoms with Gasteiger partial charge in [-0.2, -0.15) is 5.10 Å². The monoisotopic (exact) mass is 314 g/mol. The van der Waals surface area contributed by atoms with Gasteiger partial charge in [0.25, 0.3) is 5.91 Å². The molecule has 122 valence electrons. The van der Waals surface area contributed by atoms with E-state index in [1.807, 2.05) is 13.0 Å². The number of H-pyrrole nitrogens is 1. The molecule has 0 spiro atoms. The van der Waals surface area contributed by atoms with Crippen LogP contribution in [0.3, 0.4) is 0 Å². The molecule has 4 rings (SSSR count). The van der Waals surface area contributed by atoms with Crippen LogP contribution in [0.25, 0.3) is 0 Å². The molecule has 0 radical (unpaired) electrons. The van der Waals surface area contributed by atoms with Gasteiger partial charge in [-0.05, 0) is 38.7 Å². The minimum atomic E-state index is -0.178. The van der Waals surface area contributed by atoms with Crippen molar-refractivity contribution in [3.8, 4) is 0 Å². The van der Waals surface area contributed by atoms with Crippen molar-refractivity contribution in [1.29, 1.82) is 0 Å². The third-order valence-corrected chi connectivity index (χ3v) is 4.72. The van der Waals surface area contributed by atoms with E-state index in [0.717, 1.165) is 43.1 Å². The zero-order valence-electron chi connectivity index (χ0n) is 13.4. The fourth-order valence-corrected chi connectivity index (χ4v) is 3.22. The number of aromatic amines is 1. The second kappa shape index (κ2) is 5.79. The second-order valence-electron chi connectivity index (χ2n) is 6.61. The maximum atomic E-state index is 12.4. The van der Waals surface area contributed by atoms with E-state index in [9.17, 15) is 4.79 Å². The Kier molecular flexibility index (Phi) is 3.63. The standard InChI is InChI=1S/C16H22N6O/c1-10(15-21-20-14-5-3-2-4-8-22(14)15)17-16(23)13-9-12(18-19-13)11-6-7-11/h9-11H,2-8H2,1H3,(H,17,23)(H,18,19)/t10-/m1/s1. The topological polar surface area (TPSA) is 88.5 Å². The SMILES string of the molecule is C[C@@H](NC(=O)c1cc(C2CC2)[nH]n1)c1nnc2n1CCCCC2. The summed E-state index contributed by atoms with van der Waals surface area (Å²) in [6, 6.07) is 1.69. The van der Waals surface area contributed by atoms with Crippen LogP contribution in [-0.2, 0) is 13.0 Å². The van der Waals surface area contributed by atoms with Crippen LogP contribution in [0.15, 0.2) is 6.07 Å². The number of hydrogen-bond acceptors (Lipinski definition) is 4. The molecule has 7 nitrogen and oxygen atoms in total. The van der Waals surface area contributed by atoms with E-state index in [1.54, 1.807) is 0 Å². The number of nitrogens with zero attached hydrogens (tertiary/aromatic N) is 4. The normalized spacial score (nSPS) is 19.0. The van der Waals surface area contributed by atoms with E-state index >= 15 is 0 Å². The molecule has 0 saturated heterocycles. The molecule has 1 fully saturated rings. The van der Waals surface area contributed by atoms with Crippen LogP contribution in [0.2, 0.25) is 0 Å². The summed E-state index contributed by atoms with van der Waals surface area (Å²) in [5.74, 6) is 2.28. The molecular formula is C16H22N6O. The Hall–Kier alpha value is -2.18. The van der Waals surface area contributed by atoms with Crippen LogP contribution in [0.5, 0.6) is 0 Å². The lowest BCUT2D eigenvalue weighted by Crippen LogP contribution is -2.29. The third kappa shape index (κ3) is 2.87. The van der Waals surface area contributed by atoms with Gasteiger partial charge >= 0.3 is 0 Å². The molecule has 1 atom stereocenters. The number of carbonyl (C=O) groups excluding carboxylic acids is 1. The molecule has 2 N–H and O–H groups in total. The maximum Gasteiger partial charge on any atom is 0.272 e. The van der Waals surface area contributed by atoms with Crippen molar-refractivity contribution in [2.45, 2.75) is 64.0 Å². The highest BCUT2D eigenvalue weighted by Gasteiger charge is 2.27. The molecule has 0 bridgehead atoms. The van der Waals surface area contributed by atoms with E-state index in [0.29, 0.717) is 11.6 Å². The fourth-order valence-electron chi connectivity index (χ4n) is 3.22. The lowest BCUT2D eigenvalue weighted by Gasteiger charge is -2.14. The largest absolute Gasteiger partial charge is 0.341 e. The third-order valence-electron chi connectivity index (χ3n) is 4.72. The lowest BCUT2D eigenvalue weighted by molar-refractivity contribution is 0.0932. The van der Waals surface area contributed by atoms with Crippen molar-refractivity contribution < 1.29 is 4.79 Å². The Bertz CT molecular complexity index is 714. The summed E-state index contributed by atoms with van der Waals surface area (Å²) in [6.45, 7) is 2.89. The van der Waals surface area contributed by atoms with Gasteiger partial charge in [-0.3, -0.25) is 9.89 Å². The highest BCUT2D eigenvalue weighted by molar-refractivity contribution is 5.92. The van der Waals surface area contributed by atoms with Crippen LogP contribution in [0, 0.1) is 0 Å². The average Bonchev–Trinajstić information content (AvgIpc) is 3.21. The molecule has 0 aromatic carbocycles. The van der Waals surface area contributed by atoms with Crippen molar-refractivity contribution >= 4 is 5.91 Å². The number of rotatable bonds is 4. The van der Waals surface area contributed by atoms with E-state index in [1.165, 1.54) is 19.3 Å². The van der Waals surface area contributed by atoms with Gasteiger partial charge in [-0.15, -0.1) is 10.2 Å². The highest BCUT2D eigenvalue weighted by atomic mass is 16.2. The smallest absolute Gasteiger partial charge is 0.272 e. The first kappa shape index (κ1) is 14.4. The Morgan fingerprint density at radius 3 is 3.04 bits per heavy atom. The molecule has 1 amide bonds. The summed E-state index contributed by atoms with van der Waals surface area (Å²) in [5, 5.41) is 18.7. The number of amides is 1. The number of hydrogen-bond donors (Lipinski definition) is 2. The van der Waals surface area contributed by atoms with Crippen molar-refractivity contribution in [3.05, 3.63) is 29.1 Å². The van der Waals surface area contributed by atoms with Gasteiger partial charge in [0.1, 0.15) is 11.5 Å². The number of fused-ring (bicyclic) bond motifs is 1. The molecule has 2 aliphatic rings. The van der Waals surface area contributed by atoms with Gasteiger partial charge in [0.2, 0.25) is 0 Å². The Labute approximate surface area is 134 Å². The molecule has 3 heterocycles. The van der Waals surface area contributed by atoms with E-state index in [-0.39, 0.29) is 11.9 Å². The number of aromatic nitrogens is 5. The van der Waals surface area contributed by atoms with Gasteiger partial charge in [0.05, 0.1) is 6.04 Å². The minimum Gasteiger partial charge on any atom is -0.341 e. The first-order valence-electron chi connectivity index (χ1n) is 8.50. The molecule has 2 aromatic heterocycles. The molecule has 0 unspecified atom stereocenters. The number of aryl methyl sites for hydroxylation is 1. The lowest BCUT2D eigenvalue weighted by atomic mass is 10.2. The molecule has 1 saturated carbocycles. The van der Waals surface area contributed by atoms with Crippen LogP contribution in [0.1, 0.15) is 78.8 Å². The quantitative estimate of drug-likeness (QED) is 0.904. The van der Waals surface area contributed by atoms with Crippen molar-refractivity contribution in [1.82, 2.24) is 30.3 Å². The van der Waals surface area contributed by atoms with E-state index in [2.05, 4.69) is 30.3 Å².